The first kappa shape index (κ1) is 16.1. The monoisotopic (exact) mass is 367 g/mol. The molecule has 4 aromatic rings. The summed E-state index contributed by atoms with van der Waals surface area (Å²) in [7, 11) is 1.70. The van der Waals surface area contributed by atoms with Crippen molar-refractivity contribution in [1.29, 1.82) is 0 Å². The van der Waals surface area contributed by atoms with Crippen molar-refractivity contribution in [2.45, 2.75) is 6.54 Å². The number of nitrogens with zero attached hydrogens (tertiary/aromatic N) is 6. The van der Waals surface area contributed by atoms with Crippen LogP contribution < -0.4 is 10.9 Å². The van der Waals surface area contributed by atoms with Crippen LogP contribution in [0.1, 0.15) is 0 Å². The molecule has 4 rings (SSSR count). The lowest BCUT2D eigenvalue weighted by Crippen LogP contribution is -2.27. The third-order valence-electron chi connectivity index (χ3n) is 3.72. The fourth-order valence-electron chi connectivity index (χ4n) is 2.46. The number of hydrogen-bond donors (Lipinski definition) is 1. The number of amides is 1. The molecule has 3 heterocycles. The second-order valence-electron chi connectivity index (χ2n) is 5.51. The van der Waals surface area contributed by atoms with Gasteiger partial charge in [-0.15, -0.1) is 10.2 Å². The van der Waals surface area contributed by atoms with E-state index in [9.17, 15) is 9.59 Å². The minimum Gasteiger partial charge on any atom is -0.299 e. The summed E-state index contributed by atoms with van der Waals surface area (Å²) in [6.45, 7) is -0.170. The van der Waals surface area contributed by atoms with Gasteiger partial charge in [0.15, 0.2) is 5.65 Å². The Morgan fingerprint density at radius 2 is 2.04 bits per heavy atom. The molecule has 130 valence electrons. The van der Waals surface area contributed by atoms with E-state index in [1.165, 1.54) is 33.1 Å². The first-order chi connectivity index (χ1) is 12.6. The Balaban J connectivity index is 1.50. The normalized spacial score (nSPS) is 11.0. The van der Waals surface area contributed by atoms with Gasteiger partial charge in [-0.05, 0) is 0 Å². The third kappa shape index (κ3) is 2.97. The highest BCUT2D eigenvalue weighted by Crippen LogP contribution is 2.25. The summed E-state index contributed by atoms with van der Waals surface area (Å²) in [6.07, 6.45) is 2.78. The summed E-state index contributed by atoms with van der Waals surface area (Å²) in [5.74, 6) is -0.382. The number of aromatic nitrogens is 6. The van der Waals surface area contributed by atoms with Gasteiger partial charge in [-0.25, -0.2) is 4.98 Å². The van der Waals surface area contributed by atoms with Crippen molar-refractivity contribution in [3.8, 4) is 10.6 Å². The number of carbonyl (C=O) groups excluding carboxylic acids is 1. The fraction of sp³-hybridized carbons (Fsp3) is 0.125. The van der Waals surface area contributed by atoms with Crippen molar-refractivity contribution in [1.82, 2.24) is 29.5 Å². The molecule has 0 saturated heterocycles. The van der Waals surface area contributed by atoms with Crippen LogP contribution in [0.25, 0.3) is 21.6 Å². The minimum atomic E-state index is -0.382. The highest BCUT2D eigenvalue weighted by molar-refractivity contribution is 7.18. The molecule has 10 heteroatoms. The van der Waals surface area contributed by atoms with Gasteiger partial charge in [0.2, 0.25) is 11.0 Å². The van der Waals surface area contributed by atoms with Crippen LogP contribution in [0.5, 0.6) is 0 Å². The molecule has 0 atom stereocenters. The third-order valence-corrected chi connectivity index (χ3v) is 4.61. The predicted octanol–water partition coefficient (Wildman–Crippen LogP) is 1.29. The molecule has 0 aliphatic heterocycles. The van der Waals surface area contributed by atoms with Crippen molar-refractivity contribution < 1.29 is 4.79 Å². The highest BCUT2D eigenvalue weighted by atomic mass is 32.1. The van der Waals surface area contributed by atoms with Crippen LogP contribution in [-0.4, -0.2) is 35.4 Å². The van der Waals surface area contributed by atoms with E-state index in [1.807, 2.05) is 30.3 Å². The number of fused-ring (bicyclic) bond motifs is 1. The van der Waals surface area contributed by atoms with Gasteiger partial charge in [0, 0.05) is 12.6 Å². The van der Waals surface area contributed by atoms with Gasteiger partial charge >= 0.3 is 0 Å². The molecule has 0 unspecified atom stereocenters. The van der Waals surface area contributed by atoms with Crippen LogP contribution in [0.3, 0.4) is 0 Å². The average Bonchev–Trinajstić information content (AvgIpc) is 3.26. The van der Waals surface area contributed by atoms with Gasteiger partial charge in [-0.3, -0.25) is 24.2 Å². The number of benzene rings is 1. The summed E-state index contributed by atoms with van der Waals surface area (Å²) in [6, 6.07) is 9.56. The van der Waals surface area contributed by atoms with Crippen LogP contribution in [-0.2, 0) is 18.4 Å². The number of carbonyl (C=O) groups is 1. The summed E-state index contributed by atoms with van der Waals surface area (Å²) in [5, 5.41) is 16.1. The maximum Gasteiger partial charge on any atom is 0.264 e. The van der Waals surface area contributed by atoms with Gasteiger partial charge < -0.3 is 0 Å². The van der Waals surface area contributed by atoms with E-state index < -0.39 is 0 Å². The van der Waals surface area contributed by atoms with Gasteiger partial charge in [0.05, 0.1) is 6.20 Å². The van der Waals surface area contributed by atoms with E-state index in [4.69, 9.17) is 0 Å². The van der Waals surface area contributed by atoms with E-state index >= 15 is 0 Å². The molecule has 1 aromatic carbocycles. The minimum absolute atomic E-state index is 0.170. The Morgan fingerprint density at radius 1 is 1.23 bits per heavy atom. The van der Waals surface area contributed by atoms with Crippen LogP contribution in [0.2, 0.25) is 0 Å². The van der Waals surface area contributed by atoms with Gasteiger partial charge in [-0.2, -0.15) is 5.10 Å². The van der Waals surface area contributed by atoms with E-state index in [0.717, 1.165) is 5.56 Å². The zero-order chi connectivity index (χ0) is 18.1. The van der Waals surface area contributed by atoms with Crippen molar-refractivity contribution in [3.05, 3.63) is 53.2 Å². The van der Waals surface area contributed by atoms with Gasteiger partial charge in [0.25, 0.3) is 5.56 Å². The molecule has 1 amide bonds. The van der Waals surface area contributed by atoms with Crippen molar-refractivity contribution in [3.63, 3.8) is 0 Å². The van der Waals surface area contributed by atoms with Crippen molar-refractivity contribution in [2.24, 2.45) is 7.05 Å². The molecule has 0 aliphatic carbocycles. The largest absolute Gasteiger partial charge is 0.299 e. The zero-order valence-corrected chi connectivity index (χ0v) is 14.5. The Hall–Kier alpha value is -3.40. The van der Waals surface area contributed by atoms with E-state index in [2.05, 4.69) is 25.6 Å². The van der Waals surface area contributed by atoms with Crippen LogP contribution in [0.15, 0.2) is 47.7 Å². The summed E-state index contributed by atoms with van der Waals surface area (Å²) >= 11 is 1.26. The first-order valence-electron chi connectivity index (χ1n) is 7.68. The maximum atomic E-state index is 12.4. The van der Waals surface area contributed by atoms with Gasteiger partial charge in [0.1, 0.15) is 23.3 Å². The molecule has 0 spiro atoms. The second kappa shape index (κ2) is 6.48. The fourth-order valence-corrected chi connectivity index (χ4v) is 3.23. The Morgan fingerprint density at radius 3 is 2.85 bits per heavy atom. The smallest absolute Gasteiger partial charge is 0.264 e. The molecule has 9 nitrogen and oxygen atoms in total. The molecule has 26 heavy (non-hydrogen) atoms. The molecular weight excluding hydrogens is 354 g/mol. The summed E-state index contributed by atoms with van der Waals surface area (Å²) < 4.78 is 2.74. The van der Waals surface area contributed by atoms with Crippen molar-refractivity contribution in [2.75, 3.05) is 5.32 Å². The summed E-state index contributed by atoms with van der Waals surface area (Å²) in [5.41, 5.74) is 1.08. The predicted molar refractivity (Wildman–Crippen MR) is 96.7 cm³/mol. The average molecular weight is 367 g/mol. The Bertz CT molecular complexity index is 1150. The number of aryl methyl sites for hydroxylation is 1. The van der Waals surface area contributed by atoms with E-state index in [0.29, 0.717) is 21.2 Å². The lowest BCUT2D eigenvalue weighted by Gasteiger charge is -2.04. The number of rotatable bonds is 4. The molecule has 1 N–H and O–H groups in total. The molecule has 0 fully saturated rings. The van der Waals surface area contributed by atoms with Gasteiger partial charge in [-0.1, -0.05) is 41.7 Å². The molecule has 0 radical (unpaired) electrons. The Labute approximate surface area is 150 Å². The number of hydrogen-bond acceptors (Lipinski definition) is 7. The maximum absolute atomic E-state index is 12.4. The van der Waals surface area contributed by atoms with Crippen LogP contribution in [0, 0.1) is 0 Å². The lowest BCUT2D eigenvalue weighted by molar-refractivity contribution is -0.116. The standard InChI is InChI=1S/C16H13N7O2S/c1-22-13-11(7-18-22)15(25)23(9-17-13)8-12(24)19-16-21-20-14(26-16)10-5-3-2-4-6-10/h2-7,9H,8H2,1H3,(H,19,21,24). The summed E-state index contributed by atoms with van der Waals surface area (Å²) in [4.78, 5) is 28.8. The molecule has 0 saturated carbocycles. The van der Waals surface area contributed by atoms with E-state index in [-0.39, 0.29) is 18.0 Å². The molecule has 0 bridgehead atoms. The number of nitrogens with one attached hydrogen (secondary N) is 1. The topological polar surface area (TPSA) is 108 Å². The first-order valence-corrected chi connectivity index (χ1v) is 8.49. The molecule has 0 aliphatic rings. The van der Waals surface area contributed by atoms with Crippen LogP contribution in [0.4, 0.5) is 5.13 Å². The molecular formula is C16H13N7O2S. The van der Waals surface area contributed by atoms with Crippen LogP contribution >= 0.6 is 11.3 Å². The van der Waals surface area contributed by atoms with E-state index in [1.54, 1.807) is 7.05 Å². The number of anilines is 1. The highest BCUT2D eigenvalue weighted by Gasteiger charge is 2.13. The lowest BCUT2D eigenvalue weighted by atomic mass is 10.2. The van der Waals surface area contributed by atoms with Crippen molar-refractivity contribution >= 4 is 33.4 Å². The Kier molecular flexibility index (Phi) is 4.01. The SMILES string of the molecule is Cn1ncc2c(=O)n(CC(=O)Nc3nnc(-c4ccccc4)s3)cnc21. The zero-order valence-electron chi connectivity index (χ0n) is 13.7. The second-order valence-corrected chi connectivity index (χ2v) is 6.49. The quantitative estimate of drug-likeness (QED) is 0.582. The molecule has 3 aromatic heterocycles.